The van der Waals surface area contributed by atoms with Gasteiger partial charge in [0.15, 0.2) is 0 Å². The van der Waals surface area contributed by atoms with Gasteiger partial charge in [0.2, 0.25) is 5.13 Å². The number of nitrogens with zero attached hydrogens (tertiary/aromatic N) is 2. The lowest BCUT2D eigenvalue weighted by atomic mass is 10.3. The first-order chi connectivity index (χ1) is 7.22. The molecule has 15 heavy (non-hydrogen) atoms. The van der Waals surface area contributed by atoms with E-state index in [1.54, 1.807) is 0 Å². The van der Waals surface area contributed by atoms with Crippen LogP contribution < -0.4 is 5.32 Å². The van der Waals surface area contributed by atoms with Gasteiger partial charge in [0.05, 0.1) is 6.42 Å². The van der Waals surface area contributed by atoms with E-state index in [9.17, 15) is 4.79 Å². The number of aromatic nitrogens is 2. The standard InChI is InChI=1S/C9H15N3O2S/c1-2-3-4-7-11-12-9(15-7)10-6-5-8(13)14/h2-6H2,1H3,(H,10,12)(H,13,14). The molecular formula is C9H15N3O2S. The number of aliphatic carboxylic acids is 1. The first-order valence-electron chi connectivity index (χ1n) is 5.00. The van der Waals surface area contributed by atoms with Crippen LogP contribution in [0.4, 0.5) is 5.13 Å². The molecular weight excluding hydrogens is 214 g/mol. The van der Waals surface area contributed by atoms with E-state index in [1.165, 1.54) is 11.3 Å². The van der Waals surface area contributed by atoms with Crippen molar-refractivity contribution < 1.29 is 9.90 Å². The summed E-state index contributed by atoms with van der Waals surface area (Å²) in [5.74, 6) is -0.807. The molecule has 0 spiro atoms. The average molecular weight is 229 g/mol. The number of carboxylic acids is 1. The van der Waals surface area contributed by atoms with Gasteiger partial charge in [-0.15, -0.1) is 10.2 Å². The third kappa shape index (κ3) is 4.73. The fraction of sp³-hybridized carbons (Fsp3) is 0.667. The summed E-state index contributed by atoms with van der Waals surface area (Å²) in [4.78, 5) is 10.3. The summed E-state index contributed by atoms with van der Waals surface area (Å²) >= 11 is 1.50. The van der Waals surface area contributed by atoms with E-state index >= 15 is 0 Å². The lowest BCUT2D eigenvalue weighted by Gasteiger charge is -1.96. The monoisotopic (exact) mass is 229 g/mol. The van der Waals surface area contributed by atoms with Gasteiger partial charge in [-0.1, -0.05) is 24.7 Å². The molecule has 0 aliphatic rings. The Labute approximate surface area is 92.5 Å². The zero-order valence-corrected chi connectivity index (χ0v) is 9.51. The Balaban J connectivity index is 2.29. The highest BCUT2D eigenvalue weighted by atomic mass is 32.1. The second-order valence-electron chi connectivity index (χ2n) is 3.18. The van der Waals surface area contributed by atoms with Crippen LogP contribution in [-0.4, -0.2) is 27.8 Å². The third-order valence-electron chi connectivity index (χ3n) is 1.83. The maximum atomic E-state index is 10.3. The number of rotatable bonds is 7. The van der Waals surface area contributed by atoms with Crippen molar-refractivity contribution in [2.24, 2.45) is 0 Å². The van der Waals surface area contributed by atoms with Crippen LogP contribution in [0.15, 0.2) is 0 Å². The minimum absolute atomic E-state index is 0.101. The van der Waals surface area contributed by atoms with Crippen molar-refractivity contribution in [3.8, 4) is 0 Å². The predicted molar refractivity (Wildman–Crippen MR) is 59.3 cm³/mol. The number of hydrogen-bond donors (Lipinski definition) is 2. The van der Waals surface area contributed by atoms with E-state index in [-0.39, 0.29) is 6.42 Å². The first-order valence-corrected chi connectivity index (χ1v) is 5.82. The summed E-state index contributed by atoms with van der Waals surface area (Å²) in [5.41, 5.74) is 0. The van der Waals surface area contributed by atoms with Crippen molar-refractivity contribution >= 4 is 22.4 Å². The van der Waals surface area contributed by atoms with Crippen molar-refractivity contribution in [2.75, 3.05) is 11.9 Å². The van der Waals surface area contributed by atoms with Gasteiger partial charge in [-0.3, -0.25) is 4.79 Å². The summed E-state index contributed by atoms with van der Waals surface area (Å²) in [6.45, 7) is 2.53. The molecule has 1 rings (SSSR count). The van der Waals surface area contributed by atoms with E-state index in [4.69, 9.17) is 5.11 Å². The van der Waals surface area contributed by atoms with Crippen molar-refractivity contribution in [1.29, 1.82) is 0 Å². The van der Waals surface area contributed by atoms with Crippen LogP contribution in [-0.2, 0) is 11.2 Å². The minimum atomic E-state index is -0.807. The quantitative estimate of drug-likeness (QED) is 0.745. The molecule has 0 saturated heterocycles. The molecule has 84 valence electrons. The smallest absolute Gasteiger partial charge is 0.305 e. The van der Waals surface area contributed by atoms with Crippen LogP contribution in [0, 0.1) is 0 Å². The van der Waals surface area contributed by atoms with Gasteiger partial charge >= 0.3 is 5.97 Å². The highest BCUT2D eigenvalue weighted by Gasteiger charge is 2.03. The molecule has 5 nitrogen and oxygen atoms in total. The Hall–Kier alpha value is -1.17. The van der Waals surface area contributed by atoms with E-state index in [1.807, 2.05) is 0 Å². The van der Waals surface area contributed by atoms with E-state index < -0.39 is 5.97 Å². The largest absolute Gasteiger partial charge is 0.481 e. The molecule has 0 atom stereocenters. The lowest BCUT2D eigenvalue weighted by molar-refractivity contribution is -0.136. The van der Waals surface area contributed by atoms with Gasteiger partial charge in [0.1, 0.15) is 5.01 Å². The normalized spacial score (nSPS) is 10.2. The molecule has 1 heterocycles. The molecule has 0 unspecified atom stereocenters. The van der Waals surface area contributed by atoms with Gasteiger partial charge in [-0.2, -0.15) is 0 Å². The van der Waals surface area contributed by atoms with Crippen molar-refractivity contribution in [2.45, 2.75) is 32.6 Å². The zero-order valence-electron chi connectivity index (χ0n) is 8.69. The molecule has 6 heteroatoms. The Bertz CT molecular complexity index is 314. The highest BCUT2D eigenvalue weighted by molar-refractivity contribution is 7.15. The number of anilines is 1. The molecule has 0 radical (unpaired) electrons. The third-order valence-corrected chi connectivity index (χ3v) is 2.77. The summed E-state index contributed by atoms with van der Waals surface area (Å²) in [7, 11) is 0. The topological polar surface area (TPSA) is 75.1 Å². The van der Waals surface area contributed by atoms with Crippen LogP contribution in [0.3, 0.4) is 0 Å². The summed E-state index contributed by atoms with van der Waals surface area (Å²) in [6.07, 6.45) is 3.31. The molecule has 0 fully saturated rings. The van der Waals surface area contributed by atoms with E-state index in [0.717, 1.165) is 24.3 Å². The van der Waals surface area contributed by atoms with E-state index in [2.05, 4.69) is 22.4 Å². The maximum Gasteiger partial charge on any atom is 0.305 e. The second-order valence-corrected chi connectivity index (χ2v) is 4.24. The fourth-order valence-electron chi connectivity index (χ4n) is 1.03. The molecule has 0 amide bonds. The van der Waals surface area contributed by atoms with Crippen molar-refractivity contribution in [3.05, 3.63) is 5.01 Å². The van der Waals surface area contributed by atoms with Crippen molar-refractivity contribution in [1.82, 2.24) is 10.2 Å². The Kier molecular flexibility index (Phi) is 5.03. The average Bonchev–Trinajstić information content (AvgIpc) is 2.62. The second kappa shape index (κ2) is 6.34. The Morgan fingerprint density at radius 2 is 2.33 bits per heavy atom. The van der Waals surface area contributed by atoms with Crippen LogP contribution >= 0.6 is 11.3 Å². The number of nitrogens with one attached hydrogen (secondary N) is 1. The Morgan fingerprint density at radius 3 is 3.00 bits per heavy atom. The molecule has 2 N–H and O–H groups in total. The molecule has 1 aromatic rings. The maximum absolute atomic E-state index is 10.3. The lowest BCUT2D eigenvalue weighted by Crippen LogP contribution is -2.07. The number of carbonyl (C=O) groups is 1. The van der Waals surface area contributed by atoms with Gasteiger partial charge < -0.3 is 10.4 Å². The molecule has 1 aromatic heterocycles. The number of aryl methyl sites for hydroxylation is 1. The molecule has 0 aliphatic carbocycles. The zero-order chi connectivity index (χ0) is 11.1. The Morgan fingerprint density at radius 1 is 1.53 bits per heavy atom. The van der Waals surface area contributed by atoms with Gasteiger partial charge in [-0.25, -0.2) is 0 Å². The van der Waals surface area contributed by atoms with Gasteiger partial charge in [-0.05, 0) is 6.42 Å². The SMILES string of the molecule is CCCCc1nnc(NCCC(=O)O)s1. The summed E-state index contributed by atoms with van der Waals surface area (Å²) < 4.78 is 0. The molecule has 0 bridgehead atoms. The molecule has 0 aromatic carbocycles. The van der Waals surface area contributed by atoms with E-state index in [0.29, 0.717) is 11.7 Å². The predicted octanol–water partition coefficient (Wildman–Crippen LogP) is 1.77. The van der Waals surface area contributed by atoms with Crippen LogP contribution in [0.25, 0.3) is 0 Å². The van der Waals surface area contributed by atoms with Crippen LogP contribution in [0.2, 0.25) is 0 Å². The van der Waals surface area contributed by atoms with Gasteiger partial charge in [0.25, 0.3) is 0 Å². The van der Waals surface area contributed by atoms with Crippen molar-refractivity contribution in [3.63, 3.8) is 0 Å². The fourth-order valence-corrected chi connectivity index (χ4v) is 1.84. The van der Waals surface area contributed by atoms with Crippen LogP contribution in [0.5, 0.6) is 0 Å². The molecule has 0 aliphatic heterocycles. The number of carboxylic acid groups (broad SMARTS) is 1. The van der Waals surface area contributed by atoms with Crippen LogP contribution in [0.1, 0.15) is 31.2 Å². The van der Waals surface area contributed by atoms with Gasteiger partial charge in [0, 0.05) is 13.0 Å². The first kappa shape index (κ1) is 11.9. The summed E-state index contributed by atoms with van der Waals surface area (Å²) in [5, 5.41) is 21.0. The highest BCUT2D eigenvalue weighted by Crippen LogP contribution is 2.16. The number of unbranched alkanes of at least 4 members (excludes halogenated alkanes) is 1. The number of hydrogen-bond acceptors (Lipinski definition) is 5. The summed E-state index contributed by atoms with van der Waals surface area (Å²) in [6, 6.07) is 0. The molecule has 0 saturated carbocycles. The minimum Gasteiger partial charge on any atom is -0.481 e.